The monoisotopic (exact) mass is 373 g/mol. The standard InChI is InChI=1S/C19H27N5O3/c1-13(2)9-24-12-20-21-17(24)15-10-23(11-19(15)4-6-26-7-5-19)18(25)16-8-14(3)27-22-16/h8,12-13,15H,4-7,9-11H2,1-3H3. The highest BCUT2D eigenvalue weighted by molar-refractivity contribution is 5.92. The summed E-state index contributed by atoms with van der Waals surface area (Å²) in [5.74, 6) is 2.21. The summed E-state index contributed by atoms with van der Waals surface area (Å²) in [4.78, 5) is 14.9. The third-order valence-corrected chi connectivity index (χ3v) is 5.79. The molecule has 2 aromatic rings. The normalized spacial score (nSPS) is 22.1. The molecule has 0 saturated carbocycles. The molecule has 146 valence electrons. The van der Waals surface area contributed by atoms with Gasteiger partial charge in [0.05, 0.1) is 0 Å². The van der Waals surface area contributed by atoms with Gasteiger partial charge in [0.15, 0.2) is 5.69 Å². The number of ether oxygens (including phenoxy) is 1. The van der Waals surface area contributed by atoms with Gasteiger partial charge in [0.25, 0.3) is 5.91 Å². The second-order valence-corrected chi connectivity index (χ2v) is 8.27. The molecule has 8 nitrogen and oxygen atoms in total. The predicted octanol–water partition coefficient (Wildman–Crippen LogP) is 2.27. The Morgan fingerprint density at radius 3 is 2.81 bits per heavy atom. The highest BCUT2D eigenvalue weighted by atomic mass is 16.5. The van der Waals surface area contributed by atoms with Crippen LogP contribution in [0, 0.1) is 18.3 Å². The van der Waals surface area contributed by atoms with Crippen molar-refractivity contribution in [2.24, 2.45) is 11.3 Å². The maximum Gasteiger partial charge on any atom is 0.276 e. The van der Waals surface area contributed by atoms with Crippen molar-refractivity contribution in [2.75, 3.05) is 26.3 Å². The number of nitrogens with zero attached hydrogens (tertiary/aromatic N) is 5. The van der Waals surface area contributed by atoms with Gasteiger partial charge in [0.2, 0.25) is 0 Å². The van der Waals surface area contributed by atoms with Gasteiger partial charge in [-0.3, -0.25) is 4.79 Å². The topological polar surface area (TPSA) is 86.3 Å². The molecule has 1 spiro atoms. The lowest BCUT2D eigenvalue weighted by Crippen LogP contribution is -2.38. The number of carbonyl (C=O) groups excluding carboxylic acids is 1. The minimum Gasteiger partial charge on any atom is -0.381 e. The number of amides is 1. The zero-order valence-electron chi connectivity index (χ0n) is 16.2. The van der Waals surface area contributed by atoms with E-state index >= 15 is 0 Å². The van der Waals surface area contributed by atoms with E-state index in [0.29, 0.717) is 30.5 Å². The molecule has 0 aromatic carbocycles. The van der Waals surface area contributed by atoms with Crippen molar-refractivity contribution in [3.8, 4) is 0 Å². The zero-order chi connectivity index (χ0) is 19.0. The molecule has 0 aliphatic carbocycles. The van der Waals surface area contributed by atoms with E-state index in [1.807, 2.05) is 11.2 Å². The summed E-state index contributed by atoms with van der Waals surface area (Å²) >= 11 is 0. The fraction of sp³-hybridized carbons (Fsp3) is 0.684. The Morgan fingerprint density at radius 1 is 1.37 bits per heavy atom. The Hall–Kier alpha value is -2.22. The average molecular weight is 373 g/mol. The minimum absolute atomic E-state index is 0.0194. The molecular formula is C19H27N5O3. The third kappa shape index (κ3) is 3.38. The molecule has 0 bridgehead atoms. The SMILES string of the molecule is Cc1cc(C(=O)N2CC(c3nncn3CC(C)C)C3(CCOCC3)C2)no1. The fourth-order valence-electron chi connectivity index (χ4n) is 4.46. The van der Waals surface area contributed by atoms with Crippen LogP contribution in [0.1, 0.15) is 54.7 Å². The summed E-state index contributed by atoms with van der Waals surface area (Å²) in [7, 11) is 0. The summed E-state index contributed by atoms with van der Waals surface area (Å²) in [5.41, 5.74) is 0.355. The van der Waals surface area contributed by atoms with Crippen LogP contribution in [-0.2, 0) is 11.3 Å². The van der Waals surface area contributed by atoms with Crippen LogP contribution in [0.5, 0.6) is 0 Å². The van der Waals surface area contributed by atoms with Crippen molar-refractivity contribution >= 4 is 5.91 Å². The van der Waals surface area contributed by atoms with E-state index in [2.05, 4.69) is 33.8 Å². The number of rotatable bonds is 4. The van der Waals surface area contributed by atoms with Crippen LogP contribution < -0.4 is 0 Å². The van der Waals surface area contributed by atoms with Gasteiger partial charge < -0.3 is 18.7 Å². The summed E-state index contributed by atoms with van der Waals surface area (Å²) < 4.78 is 12.9. The smallest absolute Gasteiger partial charge is 0.276 e. The van der Waals surface area contributed by atoms with Gasteiger partial charge >= 0.3 is 0 Å². The van der Waals surface area contributed by atoms with Gasteiger partial charge in [-0.25, -0.2) is 0 Å². The van der Waals surface area contributed by atoms with Gasteiger partial charge in [-0.15, -0.1) is 10.2 Å². The molecule has 1 unspecified atom stereocenters. The van der Waals surface area contributed by atoms with Crippen molar-refractivity contribution in [1.82, 2.24) is 24.8 Å². The molecular weight excluding hydrogens is 346 g/mol. The zero-order valence-corrected chi connectivity index (χ0v) is 16.2. The molecule has 1 amide bonds. The lowest BCUT2D eigenvalue weighted by Gasteiger charge is -2.37. The van der Waals surface area contributed by atoms with Crippen LogP contribution in [0.15, 0.2) is 16.9 Å². The average Bonchev–Trinajstić information content (AvgIpc) is 3.34. The Bertz CT molecular complexity index is 806. The van der Waals surface area contributed by atoms with Gasteiger partial charge in [0.1, 0.15) is 17.9 Å². The highest BCUT2D eigenvalue weighted by Gasteiger charge is 2.51. The maximum absolute atomic E-state index is 13.0. The van der Waals surface area contributed by atoms with Crippen LogP contribution in [0.2, 0.25) is 0 Å². The Balaban J connectivity index is 1.65. The summed E-state index contributed by atoms with van der Waals surface area (Å²) in [6.45, 7) is 9.81. The van der Waals surface area contributed by atoms with Crippen LogP contribution in [0.4, 0.5) is 0 Å². The first-order valence-corrected chi connectivity index (χ1v) is 9.66. The van der Waals surface area contributed by atoms with E-state index in [-0.39, 0.29) is 17.2 Å². The lowest BCUT2D eigenvalue weighted by atomic mass is 9.71. The van der Waals surface area contributed by atoms with Crippen LogP contribution in [0.25, 0.3) is 0 Å². The first-order valence-electron chi connectivity index (χ1n) is 9.66. The third-order valence-electron chi connectivity index (χ3n) is 5.79. The minimum atomic E-state index is -0.0739. The van der Waals surface area contributed by atoms with Gasteiger partial charge in [0, 0.05) is 50.2 Å². The molecule has 0 N–H and O–H groups in total. The molecule has 4 rings (SSSR count). The van der Waals surface area contributed by atoms with Crippen molar-refractivity contribution < 1.29 is 14.1 Å². The predicted molar refractivity (Wildman–Crippen MR) is 97.2 cm³/mol. The van der Waals surface area contributed by atoms with E-state index in [0.717, 1.165) is 38.4 Å². The number of hydrogen-bond acceptors (Lipinski definition) is 6. The van der Waals surface area contributed by atoms with Gasteiger partial charge in [-0.1, -0.05) is 19.0 Å². The van der Waals surface area contributed by atoms with Crippen LogP contribution >= 0.6 is 0 Å². The molecule has 27 heavy (non-hydrogen) atoms. The molecule has 4 heterocycles. The largest absolute Gasteiger partial charge is 0.381 e. The molecule has 8 heteroatoms. The number of hydrogen-bond donors (Lipinski definition) is 0. The molecule has 0 radical (unpaired) electrons. The van der Waals surface area contributed by atoms with Crippen molar-refractivity contribution in [3.05, 3.63) is 29.7 Å². The number of likely N-dealkylation sites (tertiary alicyclic amines) is 1. The molecule has 2 fully saturated rings. The van der Waals surface area contributed by atoms with Crippen molar-refractivity contribution in [3.63, 3.8) is 0 Å². The van der Waals surface area contributed by atoms with Crippen LogP contribution in [-0.4, -0.2) is 57.0 Å². The van der Waals surface area contributed by atoms with Gasteiger partial charge in [-0.05, 0) is 25.7 Å². The first-order chi connectivity index (χ1) is 13.0. The van der Waals surface area contributed by atoms with E-state index in [1.165, 1.54) is 0 Å². The maximum atomic E-state index is 13.0. The summed E-state index contributed by atoms with van der Waals surface area (Å²) in [5, 5.41) is 12.6. The van der Waals surface area contributed by atoms with Crippen molar-refractivity contribution in [2.45, 2.75) is 46.1 Å². The highest BCUT2D eigenvalue weighted by Crippen LogP contribution is 2.49. The Kier molecular flexibility index (Phi) is 4.75. The fourth-order valence-corrected chi connectivity index (χ4v) is 4.46. The van der Waals surface area contributed by atoms with Gasteiger partial charge in [-0.2, -0.15) is 0 Å². The second kappa shape index (κ2) is 7.07. The number of carbonyl (C=O) groups is 1. The number of aryl methyl sites for hydroxylation is 1. The Morgan fingerprint density at radius 2 is 2.15 bits per heavy atom. The molecule has 2 saturated heterocycles. The molecule has 2 aromatic heterocycles. The lowest BCUT2D eigenvalue weighted by molar-refractivity contribution is 0.0106. The summed E-state index contributed by atoms with van der Waals surface area (Å²) in [6, 6.07) is 1.70. The first kappa shape index (κ1) is 18.2. The molecule has 1 atom stereocenters. The van der Waals surface area contributed by atoms with E-state index in [4.69, 9.17) is 9.26 Å². The quantitative estimate of drug-likeness (QED) is 0.817. The number of aromatic nitrogens is 4. The van der Waals surface area contributed by atoms with Crippen LogP contribution in [0.3, 0.4) is 0 Å². The van der Waals surface area contributed by atoms with E-state index < -0.39 is 0 Å². The second-order valence-electron chi connectivity index (χ2n) is 8.27. The molecule has 2 aliphatic rings. The van der Waals surface area contributed by atoms with E-state index in [9.17, 15) is 4.79 Å². The molecule has 2 aliphatic heterocycles. The Labute approximate surface area is 158 Å². The van der Waals surface area contributed by atoms with E-state index in [1.54, 1.807) is 13.0 Å². The van der Waals surface area contributed by atoms with Crippen molar-refractivity contribution in [1.29, 1.82) is 0 Å². The summed E-state index contributed by atoms with van der Waals surface area (Å²) in [6.07, 6.45) is 3.66.